The minimum Gasteiger partial charge on any atom is -0.454 e. The van der Waals surface area contributed by atoms with Crippen molar-refractivity contribution in [2.24, 2.45) is 7.05 Å². The molecule has 0 atom stereocenters. The second-order valence-corrected chi connectivity index (χ2v) is 5.92. The van der Waals surface area contributed by atoms with Gasteiger partial charge in [-0.2, -0.15) is 0 Å². The molecule has 1 aliphatic heterocycles. The van der Waals surface area contributed by atoms with Gasteiger partial charge in [0, 0.05) is 11.1 Å². The average Bonchev–Trinajstić information content (AvgIpc) is 3.22. The molecule has 6 nitrogen and oxygen atoms in total. The molecule has 6 heteroatoms. The van der Waals surface area contributed by atoms with Gasteiger partial charge >= 0.3 is 5.95 Å². The predicted octanol–water partition coefficient (Wildman–Crippen LogP) is 2.17. The van der Waals surface area contributed by atoms with E-state index in [1.807, 2.05) is 48.1 Å². The molecule has 2 aromatic carbocycles. The molecule has 2 heterocycles. The summed E-state index contributed by atoms with van der Waals surface area (Å²) in [4.78, 5) is 12.6. The number of benzene rings is 2. The van der Waals surface area contributed by atoms with Crippen LogP contribution < -0.4 is 19.8 Å². The van der Waals surface area contributed by atoms with E-state index in [1.165, 1.54) is 0 Å². The lowest BCUT2D eigenvalue weighted by Crippen LogP contribution is -2.39. The maximum atomic E-state index is 12.6. The van der Waals surface area contributed by atoms with Crippen LogP contribution in [0.2, 0.25) is 0 Å². The van der Waals surface area contributed by atoms with E-state index in [2.05, 4.69) is 0 Å². The first-order valence-electron chi connectivity index (χ1n) is 7.96. The lowest BCUT2D eigenvalue weighted by molar-refractivity contribution is -0.667. The van der Waals surface area contributed by atoms with Gasteiger partial charge in [-0.05, 0) is 18.2 Å². The molecule has 0 saturated carbocycles. The molecular weight excluding hydrogens is 318 g/mol. The highest BCUT2D eigenvalue weighted by atomic mass is 16.7. The number of ether oxygens (including phenoxy) is 2. The summed E-state index contributed by atoms with van der Waals surface area (Å²) in [6, 6.07) is 15.1. The van der Waals surface area contributed by atoms with Gasteiger partial charge in [0.2, 0.25) is 6.79 Å². The summed E-state index contributed by atoms with van der Waals surface area (Å²) < 4.78 is 14.2. The maximum Gasteiger partial charge on any atom is 0.355 e. The van der Waals surface area contributed by atoms with Gasteiger partial charge in [-0.15, -0.1) is 0 Å². The summed E-state index contributed by atoms with van der Waals surface area (Å²) in [6.45, 7) is 0.347. The Morgan fingerprint density at radius 1 is 1.16 bits per heavy atom. The molecule has 1 aliphatic rings. The van der Waals surface area contributed by atoms with Crippen LogP contribution in [-0.2, 0) is 13.6 Å². The number of hydrogen-bond acceptors (Lipinski definition) is 4. The second-order valence-electron chi connectivity index (χ2n) is 5.92. The van der Waals surface area contributed by atoms with Crippen LogP contribution in [-0.4, -0.2) is 17.1 Å². The second kappa shape index (κ2) is 5.98. The lowest BCUT2D eigenvalue weighted by Gasteiger charge is -2.02. The summed E-state index contributed by atoms with van der Waals surface area (Å²) in [7, 11) is 1.89. The first-order valence-corrected chi connectivity index (χ1v) is 7.96. The fourth-order valence-corrected chi connectivity index (χ4v) is 2.94. The highest BCUT2D eigenvalue weighted by molar-refractivity contribution is 5.95. The van der Waals surface area contributed by atoms with Gasteiger partial charge in [0.25, 0.3) is 0 Å². The van der Waals surface area contributed by atoms with Crippen molar-refractivity contribution in [2.75, 3.05) is 12.5 Å². The van der Waals surface area contributed by atoms with Gasteiger partial charge in [0.1, 0.15) is 18.4 Å². The van der Waals surface area contributed by atoms with E-state index in [4.69, 9.17) is 15.2 Å². The molecule has 1 aromatic heterocycles. The highest BCUT2D eigenvalue weighted by Gasteiger charge is 2.22. The Morgan fingerprint density at radius 3 is 2.72 bits per heavy atom. The summed E-state index contributed by atoms with van der Waals surface area (Å²) in [5.41, 5.74) is 8.76. The quantitative estimate of drug-likeness (QED) is 0.585. The molecule has 3 aromatic rings. The third kappa shape index (κ3) is 2.71. The van der Waals surface area contributed by atoms with E-state index < -0.39 is 0 Å². The average molecular weight is 336 g/mol. The third-order valence-electron chi connectivity index (χ3n) is 4.36. The Morgan fingerprint density at radius 2 is 1.92 bits per heavy atom. The number of nitrogens with two attached hydrogens (primary N) is 1. The SMILES string of the molecule is Cn1c(-c2ccccc2)c[n+](CC(=O)c2ccc3c(c2)OCO3)c1N. The fourth-order valence-electron chi connectivity index (χ4n) is 2.94. The number of carbonyl (C=O) groups is 1. The summed E-state index contributed by atoms with van der Waals surface area (Å²) in [5.74, 6) is 1.74. The van der Waals surface area contributed by atoms with Crippen LogP contribution in [0.3, 0.4) is 0 Å². The molecule has 0 radical (unpaired) electrons. The molecule has 2 N–H and O–H groups in total. The Balaban J connectivity index is 1.62. The highest BCUT2D eigenvalue weighted by Crippen LogP contribution is 2.32. The van der Waals surface area contributed by atoms with Crippen LogP contribution in [0.4, 0.5) is 5.95 Å². The number of imidazole rings is 1. The van der Waals surface area contributed by atoms with Crippen molar-refractivity contribution in [3.8, 4) is 22.8 Å². The standard InChI is InChI=1S/C19H17N3O3/c1-21-15(13-5-3-2-4-6-13)10-22(19(21)20)11-16(23)14-7-8-17-18(9-14)25-12-24-17/h2-10,20H,11-12H2,1H3/p+1. The largest absolute Gasteiger partial charge is 0.454 e. The Hall–Kier alpha value is -3.28. The van der Waals surface area contributed by atoms with Crippen molar-refractivity contribution >= 4 is 11.7 Å². The maximum absolute atomic E-state index is 12.6. The van der Waals surface area contributed by atoms with Crippen molar-refractivity contribution in [3.63, 3.8) is 0 Å². The van der Waals surface area contributed by atoms with Gasteiger partial charge in [0.05, 0.1) is 7.05 Å². The number of Topliss-reactive ketones (excluding diaryl/α,β-unsaturated/α-hetero) is 1. The van der Waals surface area contributed by atoms with Gasteiger partial charge in [-0.25, -0.2) is 9.13 Å². The minimum absolute atomic E-state index is 0.0415. The number of nitrogens with zero attached hydrogens (tertiary/aromatic N) is 2. The Labute approximate surface area is 145 Å². The normalized spacial score (nSPS) is 12.4. The number of aromatic nitrogens is 2. The number of rotatable bonds is 4. The van der Waals surface area contributed by atoms with Crippen LogP contribution in [0.15, 0.2) is 54.7 Å². The number of carbonyl (C=O) groups excluding carboxylic acids is 1. The van der Waals surface area contributed by atoms with E-state index >= 15 is 0 Å². The molecule has 4 rings (SSSR count). The fraction of sp³-hybridized carbons (Fsp3) is 0.158. The van der Waals surface area contributed by atoms with Crippen LogP contribution in [0.1, 0.15) is 10.4 Å². The number of fused-ring (bicyclic) bond motifs is 1. The zero-order valence-corrected chi connectivity index (χ0v) is 13.8. The lowest BCUT2D eigenvalue weighted by atomic mass is 10.1. The monoisotopic (exact) mass is 336 g/mol. The number of nitrogen functional groups attached to an aromatic ring is 1. The molecule has 25 heavy (non-hydrogen) atoms. The topological polar surface area (TPSA) is 70.4 Å². The molecule has 0 spiro atoms. The van der Waals surface area contributed by atoms with E-state index in [9.17, 15) is 4.79 Å². The zero-order valence-electron chi connectivity index (χ0n) is 13.8. The van der Waals surface area contributed by atoms with Gasteiger partial charge in [-0.1, -0.05) is 30.3 Å². The van der Waals surface area contributed by atoms with E-state index in [-0.39, 0.29) is 19.1 Å². The van der Waals surface area contributed by atoms with Crippen LogP contribution in [0.5, 0.6) is 11.5 Å². The smallest absolute Gasteiger partial charge is 0.355 e. The molecule has 0 unspecified atom stereocenters. The molecule has 0 amide bonds. The van der Waals surface area contributed by atoms with E-state index in [0.29, 0.717) is 23.0 Å². The van der Waals surface area contributed by atoms with Crippen LogP contribution >= 0.6 is 0 Å². The van der Waals surface area contributed by atoms with Crippen molar-refractivity contribution in [1.29, 1.82) is 0 Å². The number of anilines is 1. The molecular formula is C19H18N3O3+. The van der Waals surface area contributed by atoms with Crippen LogP contribution in [0.25, 0.3) is 11.3 Å². The Bertz CT molecular complexity index is 948. The molecule has 0 fully saturated rings. The number of hydrogen-bond donors (Lipinski definition) is 1. The molecule has 0 saturated heterocycles. The zero-order chi connectivity index (χ0) is 17.4. The molecule has 126 valence electrons. The third-order valence-corrected chi connectivity index (χ3v) is 4.36. The molecule has 0 aliphatic carbocycles. The predicted molar refractivity (Wildman–Crippen MR) is 92.4 cm³/mol. The van der Waals surface area contributed by atoms with Gasteiger partial charge < -0.3 is 9.47 Å². The van der Waals surface area contributed by atoms with Crippen molar-refractivity contribution in [1.82, 2.24) is 4.57 Å². The number of ketones is 1. The summed E-state index contributed by atoms with van der Waals surface area (Å²) >= 11 is 0. The van der Waals surface area contributed by atoms with Crippen molar-refractivity contribution in [2.45, 2.75) is 6.54 Å². The first-order chi connectivity index (χ1) is 12.1. The first kappa shape index (κ1) is 15.3. The van der Waals surface area contributed by atoms with Crippen molar-refractivity contribution in [3.05, 3.63) is 60.3 Å². The molecule has 0 bridgehead atoms. The van der Waals surface area contributed by atoms with Gasteiger partial charge in [-0.3, -0.25) is 10.5 Å². The van der Waals surface area contributed by atoms with Crippen molar-refractivity contribution < 1.29 is 18.8 Å². The summed E-state index contributed by atoms with van der Waals surface area (Å²) in [5, 5.41) is 0. The minimum atomic E-state index is -0.0415. The van der Waals surface area contributed by atoms with E-state index in [1.54, 1.807) is 22.8 Å². The Kier molecular flexibility index (Phi) is 3.65. The summed E-state index contributed by atoms with van der Waals surface area (Å²) in [6.07, 6.45) is 1.90. The van der Waals surface area contributed by atoms with Crippen LogP contribution in [0, 0.1) is 0 Å². The van der Waals surface area contributed by atoms with Gasteiger partial charge in [0.15, 0.2) is 17.3 Å². The van der Waals surface area contributed by atoms with E-state index in [0.717, 1.165) is 11.3 Å².